The smallest absolute Gasteiger partial charge is 0.248 e. The number of nitrogens with two attached hydrogens (primary N) is 1. The summed E-state index contributed by atoms with van der Waals surface area (Å²) in [5.74, 6) is 0.434. The maximum absolute atomic E-state index is 11.3. The zero-order valence-corrected chi connectivity index (χ0v) is 11.6. The van der Waals surface area contributed by atoms with Gasteiger partial charge in [-0.25, -0.2) is 4.98 Å². The molecule has 1 fully saturated rings. The van der Waals surface area contributed by atoms with Gasteiger partial charge in [-0.1, -0.05) is 0 Å². The van der Waals surface area contributed by atoms with E-state index in [0.717, 1.165) is 37.4 Å². The zero-order valence-electron chi connectivity index (χ0n) is 11.6. The number of hydrogen-bond acceptors (Lipinski definition) is 4. The van der Waals surface area contributed by atoms with Gasteiger partial charge in [-0.3, -0.25) is 4.79 Å². The molecule has 0 saturated carbocycles. The predicted octanol–water partition coefficient (Wildman–Crippen LogP) is 1.07. The number of pyridine rings is 1. The van der Waals surface area contributed by atoms with Crippen molar-refractivity contribution in [3.8, 4) is 0 Å². The number of primary amides is 1. The van der Waals surface area contributed by atoms with Crippen LogP contribution >= 0.6 is 0 Å². The van der Waals surface area contributed by atoms with Crippen LogP contribution in [-0.2, 0) is 0 Å². The molecule has 0 aliphatic carbocycles. The number of aryl methyl sites for hydroxylation is 1. The number of rotatable bonds is 3. The summed E-state index contributed by atoms with van der Waals surface area (Å²) in [4.78, 5) is 18.0. The van der Waals surface area contributed by atoms with Crippen molar-refractivity contribution in [3.05, 3.63) is 23.4 Å². The second-order valence-electron chi connectivity index (χ2n) is 5.17. The van der Waals surface area contributed by atoms with Gasteiger partial charge in [0.25, 0.3) is 0 Å². The highest BCUT2D eigenvalue weighted by Gasteiger charge is 2.19. The van der Waals surface area contributed by atoms with Gasteiger partial charge in [0, 0.05) is 24.3 Å². The van der Waals surface area contributed by atoms with Crippen LogP contribution in [0.15, 0.2) is 12.1 Å². The first kappa shape index (κ1) is 13.8. The Morgan fingerprint density at radius 3 is 2.95 bits per heavy atom. The molecule has 1 aliphatic rings. The lowest BCUT2D eigenvalue weighted by Crippen LogP contribution is -2.33. The van der Waals surface area contributed by atoms with Crippen LogP contribution in [0.25, 0.3) is 0 Å². The summed E-state index contributed by atoms with van der Waals surface area (Å²) in [5.41, 5.74) is 6.71. The lowest BCUT2D eigenvalue weighted by Gasteiger charge is -2.28. The van der Waals surface area contributed by atoms with Crippen molar-refractivity contribution in [2.75, 3.05) is 25.0 Å². The van der Waals surface area contributed by atoms with Gasteiger partial charge in [0.1, 0.15) is 5.82 Å². The number of carbonyl (C=O) groups is 1. The second kappa shape index (κ2) is 6.02. The van der Waals surface area contributed by atoms with E-state index in [1.165, 1.54) is 6.42 Å². The molecule has 0 radical (unpaired) electrons. The summed E-state index contributed by atoms with van der Waals surface area (Å²) >= 11 is 0. The molecule has 1 atom stereocenters. The van der Waals surface area contributed by atoms with E-state index < -0.39 is 5.91 Å². The molecule has 1 aromatic heterocycles. The molecule has 1 saturated heterocycles. The fourth-order valence-electron chi connectivity index (χ4n) is 2.55. The molecule has 0 spiro atoms. The SMILES string of the molecule is Cc1cc(C(N)=O)cc(N(C)C2CCCNCC2)n1. The molecule has 1 unspecified atom stereocenters. The maximum Gasteiger partial charge on any atom is 0.248 e. The zero-order chi connectivity index (χ0) is 13.8. The molecule has 1 amide bonds. The number of nitrogens with one attached hydrogen (secondary N) is 1. The largest absolute Gasteiger partial charge is 0.366 e. The molecule has 3 N–H and O–H groups in total. The Morgan fingerprint density at radius 1 is 1.42 bits per heavy atom. The number of carbonyl (C=O) groups excluding carboxylic acids is 1. The average Bonchev–Trinajstić information content (AvgIpc) is 2.65. The number of hydrogen-bond donors (Lipinski definition) is 2. The summed E-state index contributed by atoms with van der Waals surface area (Å²) in [6.45, 7) is 4.00. The Bertz CT molecular complexity index is 453. The van der Waals surface area contributed by atoms with E-state index in [9.17, 15) is 4.79 Å². The van der Waals surface area contributed by atoms with Crippen molar-refractivity contribution in [2.45, 2.75) is 32.2 Å². The average molecular weight is 262 g/mol. The molecule has 0 aromatic carbocycles. The number of aromatic nitrogens is 1. The molecule has 2 rings (SSSR count). The van der Waals surface area contributed by atoms with Crippen molar-refractivity contribution in [3.63, 3.8) is 0 Å². The molecule has 5 heteroatoms. The lowest BCUT2D eigenvalue weighted by molar-refractivity contribution is 0.1000. The van der Waals surface area contributed by atoms with Gasteiger partial charge < -0.3 is 16.0 Å². The summed E-state index contributed by atoms with van der Waals surface area (Å²) in [6, 6.07) is 3.98. The summed E-state index contributed by atoms with van der Waals surface area (Å²) in [5, 5.41) is 3.40. The molecule has 1 aromatic rings. The van der Waals surface area contributed by atoms with E-state index in [0.29, 0.717) is 11.6 Å². The topological polar surface area (TPSA) is 71.2 Å². The maximum atomic E-state index is 11.3. The van der Waals surface area contributed by atoms with Gasteiger partial charge in [0.2, 0.25) is 5.91 Å². The van der Waals surface area contributed by atoms with Crippen LogP contribution in [0.5, 0.6) is 0 Å². The normalized spacial score (nSPS) is 19.8. The van der Waals surface area contributed by atoms with Crippen molar-refractivity contribution in [1.82, 2.24) is 10.3 Å². The lowest BCUT2D eigenvalue weighted by atomic mass is 10.1. The molecule has 19 heavy (non-hydrogen) atoms. The molecular weight excluding hydrogens is 240 g/mol. The van der Waals surface area contributed by atoms with Crippen LogP contribution in [0.2, 0.25) is 0 Å². The summed E-state index contributed by atoms with van der Waals surface area (Å²) in [6.07, 6.45) is 3.41. The van der Waals surface area contributed by atoms with E-state index in [2.05, 4.69) is 15.2 Å². The van der Waals surface area contributed by atoms with Gasteiger partial charge in [-0.05, 0) is 51.4 Å². The third kappa shape index (κ3) is 3.44. The highest BCUT2D eigenvalue weighted by Crippen LogP contribution is 2.20. The molecule has 2 heterocycles. The van der Waals surface area contributed by atoms with E-state index in [1.54, 1.807) is 12.1 Å². The van der Waals surface area contributed by atoms with Gasteiger partial charge in [0.15, 0.2) is 0 Å². The second-order valence-corrected chi connectivity index (χ2v) is 5.17. The van der Waals surface area contributed by atoms with Crippen LogP contribution in [-0.4, -0.2) is 37.1 Å². The van der Waals surface area contributed by atoms with Crippen LogP contribution in [0.1, 0.15) is 35.3 Å². The quantitative estimate of drug-likeness (QED) is 0.854. The van der Waals surface area contributed by atoms with Crippen LogP contribution < -0.4 is 16.0 Å². The van der Waals surface area contributed by atoms with Crippen molar-refractivity contribution < 1.29 is 4.79 Å². The number of nitrogens with zero attached hydrogens (tertiary/aromatic N) is 2. The van der Waals surface area contributed by atoms with Crippen LogP contribution in [0.4, 0.5) is 5.82 Å². The third-order valence-electron chi connectivity index (χ3n) is 3.68. The van der Waals surface area contributed by atoms with E-state index in [4.69, 9.17) is 5.73 Å². The summed E-state index contributed by atoms with van der Waals surface area (Å²) in [7, 11) is 2.04. The molecule has 5 nitrogen and oxygen atoms in total. The van der Waals surface area contributed by atoms with Crippen molar-refractivity contribution in [2.24, 2.45) is 5.73 Å². The van der Waals surface area contributed by atoms with Gasteiger partial charge in [-0.15, -0.1) is 0 Å². The Labute approximate surface area is 114 Å². The first-order chi connectivity index (χ1) is 9.08. The van der Waals surface area contributed by atoms with E-state index >= 15 is 0 Å². The first-order valence-corrected chi connectivity index (χ1v) is 6.80. The first-order valence-electron chi connectivity index (χ1n) is 6.80. The highest BCUT2D eigenvalue weighted by molar-refractivity contribution is 5.93. The Morgan fingerprint density at radius 2 is 2.21 bits per heavy atom. The minimum atomic E-state index is -0.400. The fraction of sp³-hybridized carbons (Fsp3) is 0.571. The fourth-order valence-corrected chi connectivity index (χ4v) is 2.55. The van der Waals surface area contributed by atoms with E-state index in [-0.39, 0.29) is 0 Å². The van der Waals surface area contributed by atoms with Crippen LogP contribution in [0, 0.1) is 6.92 Å². The standard InChI is InChI=1S/C14H22N4O/c1-10-8-11(14(15)19)9-13(17-10)18(2)12-4-3-6-16-7-5-12/h8-9,12,16H,3-7H2,1-2H3,(H2,15,19). The van der Waals surface area contributed by atoms with Gasteiger partial charge in [0.05, 0.1) is 0 Å². The third-order valence-corrected chi connectivity index (χ3v) is 3.68. The predicted molar refractivity (Wildman–Crippen MR) is 76.4 cm³/mol. The van der Waals surface area contributed by atoms with Crippen molar-refractivity contribution in [1.29, 1.82) is 0 Å². The molecular formula is C14H22N4O. The Balaban J connectivity index is 2.21. The van der Waals surface area contributed by atoms with Gasteiger partial charge >= 0.3 is 0 Å². The minimum absolute atomic E-state index is 0.400. The molecule has 1 aliphatic heterocycles. The number of anilines is 1. The number of amides is 1. The summed E-state index contributed by atoms with van der Waals surface area (Å²) < 4.78 is 0. The van der Waals surface area contributed by atoms with Gasteiger partial charge in [-0.2, -0.15) is 0 Å². The highest BCUT2D eigenvalue weighted by atomic mass is 16.1. The Kier molecular flexibility index (Phi) is 4.37. The molecule has 104 valence electrons. The Hall–Kier alpha value is -1.62. The van der Waals surface area contributed by atoms with Crippen LogP contribution in [0.3, 0.4) is 0 Å². The van der Waals surface area contributed by atoms with E-state index in [1.807, 2.05) is 14.0 Å². The monoisotopic (exact) mass is 262 g/mol. The minimum Gasteiger partial charge on any atom is -0.366 e. The van der Waals surface area contributed by atoms with Crippen molar-refractivity contribution >= 4 is 11.7 Å². The molecule has 0 bridgehead atoms.